The molecular formula is C12H19N3O2. The summed E-state index contributed by atoms with van der Waals surface area (Å²) in [5.41, 5.74) is 0.242. The molecule has 0 bridgehead atoms. The molecule has 17 heavy (non-hydrogen) atoms. The van der Waals surface area contributed by atoms with Crippen LogP contribution in [-0.4, -0.2) is 24.1 Å². The van der Waals surface area contributed by atoms with Crippen molar-refractivity contribution >= 4 is 18.5 Å². The fourth-order valence-electron chi connectivity index (χ4n) is 1.81. The first kappa shape index (κ1) is 13.4. The van der Waals surface area contributed by atoms with Crippen LogP contribution >= 0.6 is 0 Å². The monoisotopic (exact) mass is 237 g/mol. The molecule has 0 heterocycles. The third kappa shape index (κ3) is 3.69. The maximum atomic E-state index is 11.7. The van der Waals surface area contributed by atoms with Crippen LogP contribution in [0.5, 0.6) is 0 Å². The normalized spacial score (nSPS) is 17.8. The first-order valence-corrected chi connectivity index (χ1v) is 5.84. The van der Waals surface area contributed by atoms with Gasteiger partial charge in [0.1, 0.15) is 6.29 Å². The van der Waals surface area contributed by atoms with E-state index in [2.05, 4.69) is 10.6 Å². The van der Waals surface area contributed by atoms with E-state index < -0.39 is 5.54 Å². The Morgan fingerprint density at radius 3 is 2.53 bits per heavy atom. The molecular weight excluding hydrogens is 218 g/mol. The predicted octanol–water partition coefficient (Wildman–Crippen LogP) is 1.10. The number of amides is 1. The minimum absolute atomic E-state index is 0.108. The fourth-order valence-corrected chi connectivity index (χ4v) is 1.81. The molecule has 0 aromatic carbocycles. The smallest absolute Gasteiger partial charge is 0.221 e. The van der Waals surface area contributed by atoms with Crippen molar-refractivity contribution < 1.29 is 9.59 Å². The van der Waals surface area contributed by atoms with Gasteiger partial charge in [-0.2, -0.15) is 0 Å². The highest BCUT2D eigenvalue weighted by atomic mass is 16.2. The molecule has 0 aromatic heterocycles. The summed E-state index contributed by atoms with van der Waals surface area (Å²) < 4.78 is 0. The molecule has 1 aliphatic carbocycles. The van der Waals surface area contributed by atoms with Gasteiger partial charge >= 0.3 is 0 Å². The molecule has 0 unspecified atom stereocenters. The van der Waals surface area contributed by atoms with Crippen molar-refractivity contribution in [2.75, 3.05) is 0 Å². The second-order valence-electron chi connectivity index (χ2n) is 4.28. The molecule has 1 amide bonds. The number of hydrogen-bond acceptors (Lipinski definition) is 3. The van der Waals surface area contributed by atoms with Gasteiger partial charge in [-0.15, -0.1) is 0 Å². The van der Waals surface area contributed by atoms with E-state index in [0.717, 1.165) is 37.6 Å². The molecule has 0 spiro atoms. The molecule has 1 fully saturated rings. The standard InChI is InChI=1S/C12H19N3O2/c1-2-10(14-9-13)4-5-11(17)15-12(8-16)6-3-7-12/h2,8-9H,3-7H2,1H3,(H2,13,14)(H,15,17)/b10-2-. The second kappa shape index (κ2) is 6.18. The van der Waals surface area contributed by atoms with Crippen LogP contribution in [0.3, 0.4) is 0 Å². The van der Waals surface area contributed by atoms with Crippen molar-refractivity contribution in [3.05, 3.63) is 11.8 Å². The molecule has 0 radical (unpaired) electrons. The largest absolute Gasteiger partial charge is 0.351 e. The molecule has 5 heteroatoms. The first-order valence-electron chi connectivity index (χ1n) is 5.84. The lowest BCUT2D eigenvalue weighted by Gasteiger charge is -2.37. The Morgan fingerprint density at radius 2 is 2.12 bits per heavy atom. The first-order chi connectivity index (χ1) is 8.15. The van der Waals surface area contributed by atoms with Crippen LogP contribution < -0.4 is 10.6 Å². The summed E-state index contributed by atoms with van der Waals surface area (Å²) in [7, 11) is 0. The van der Waals surface area contributed by atoms with Gasteiger partial charge < -0.3 is 15.4 Å². The molecule has 1 saturated carbocycles. The van der Waals surface area contributed by atoms with Gasteiger partial charge in [0.25, 0.3) is 0 Å². The van der Waals surface area contributed by atoms with Crippen LogP contribution in [0.25, 0.3) is 0 Å². The number of carbonyl (C=O) groups excluding carboxylic acids is 2. The number of carbonyl (C=O) groups is 2. The van der Waals surface area contributed by atoms with Gasteiger partial charge in [0.2, 0.25) is 5.91 Å². The van der Waals surface area contributed by atoms with Crippen molar-refractivity contribution in [3.63, 3.8) is 0 Å². The number of aldehydes is 1. The van der Waals surface area contributed by atoms with Gasteiger partial charge in [0.05, 0.1) is 11.9 Å². The molecule has 1 rings (SSSR count). The van der Waals surface area contributed by atoms with Crippen molar-refractivity contribution in [3.8, 4) is 0 Å². The third-order valence-corrected chi connectivity index (χ3v) is 3.09. The molecule has 0 aliphatic heterocycles. The summed E-state index contributed by atoms with van der Waals surface area (Å²) in [6, 6.07) is 0. The Labute approximate surface area is 101 Å². The topological polar surface area (TPSA) is 82.1 Å². The van der Waals surface area contributed by atoms with E-state index in [1.807, 2.05) is 13.0 Å². The van der Waals surface area contributed by atoms with Gasteiger partial charge in [-0.1, -0.05) is 6.08 Å². The van der Waals surface area contributed by atoms with Crippen LogP contribution in [0.2, 0.25) is 0 Å². The maximum absolute atomic E-state index is 11.7. The molecule has 0 saturated heterocycles. The fraction of sp³-hybridized carbons (Fsp3) is 0.583. The zero-order valence-corrected chi connectivity index (χ0v) is 10.1. The number of hydrogen-bond donors (Lipinski definition) is 3. The van der Waals surface area contributed by atoms with Gasteiger partial charge in [-0.25, -0.2) is 0 Å². The lowest BCUT2D eigenvalue weighted by Crippen LogP contribution is -2.54. The molecule has 5 nitrogen and oxygen atoms in total. The van der Waals surface area contributed by atoms with Crippen LogP contribution in [0, 0.1) is 5.41 Å². The molecule has 0 atom stereocenters. The summed E-state index contributed by atoms with van der Waals surface area (Å²) in [6.07, 6.45) is 7.14. The van der Waals surface area contributed by atoms with E-state index >= 15 is 0 Å². The van der Waals surface area contributed by atoms with Crippen LogP contribution in [-0.2, 0) is 9.59 Å². The average molecular weight is 237 g/mol. The van der Waals surface area contributed by atoms with Gasteiger partial charge in [-0.3, -0.25) is 10.2 Å². The number of allylic oxidation sites excluding steroid dienone is 2. The van der Waals surface area contributed by atoms with E-state index in [1.165, 1.54) is 0 Å². The molecule has 3 N–H and O–H groups in total. The number of nitrogens with one attached hydrogen (secondary N) is 3. The Morgan fingerprint density at radius 1 is 1.41 bits per heavy atom. The highest BCUT2D eigenvalue weighted by Gasteiger charge is 2.37. The summed E-state index contributed by atoms with van der Waals surface area (Å²) in [6.45, 7) is 1.85. The summed E-state index contributed by atoms with van der Waals surface area (Å²) >= 11 is 0. The van der Waals surface area contributed by atoms with Crippen LogP contribution in [0.15, 0.2) is 11.8 Å². The Hall–Kier alpha value is -1.65. The highest BCUT2D eigenvalue weighted by Crippen LogP contribution is 2.29. The van der Waals surface area contributed by atoms with Gasteiger partial charge in [-0.05, 0) is 32.6 Å². The minimum atomic E-state index is -0.595. The van der Waals surface area contributed by atoms with Crippen molar-refractivity contribution in [1.29, 1.82) is 5.41 Å². The number of rotatable bonds is 7. The lowest BCUT2D eigenvalue weighted by atomic mass is 9.78. The van der Waals surface area contributed by atoms with E-state index in [-0.39, 0.29) is 5.91 Å². The van der Waals surface area contributed by atoms with E-state index in [1.54, 1.807) is 0 Å². The van der Waals surface area contributed by atoms with Crippen molar-refractivity contribution in [2.45, 2.75) is 44.6 Å². The van der Waals surface area contributed by atoms with E-state index in [9.17, 15) is 9.59 Å². The maximum Gasteiger partial charge on any atom is 0.221 e. The Balaban J connectivity index is 2.34. The molecule has 1 aliphatic rings. The average Bonchev–Trinajstić information content (AvgIpc) is 2.29. The van der Waals surface area contributed by atoms with E-state index in [4.69, 9.17) is 5.41 Å². The predicted molar refractivity (Wildman–Crippen MR) is 65.7 cm³/mol. The quantitative estimate of drug-likeness (QED) is 0.352. The Bertz CT molecular complexity index is 333. The van der Waals surface area contributed by atoms with Crippen molar-refractivity contribution in [2.24, 2.45) is 0 Å². The van der Waals surface area contributed by atoms with Gasteiger partial charge in [0.15, 0.2) is 0 Å². The van der Waals surface area contributed by atoms with Crippen LogP contribution in [0.1, 0.15) is 39.0 Å². The second-order valence-corrected chi connectivity index (χ2v) is 4.28. The summed E-state index contributed by atoms with van der Waals surface area (Å²) in [4.78, 5) is 22.5. The van der Waals surface area contributed by atoms with Crippen molar-refractivity contribution in [1.82, 2.24) is 10.6 Å². The third-order valence-electron chi connectivity index (χ3n) is 3.09. The Kier molecular flexibility index (Phi) is 4.87. The zero-order valence-electron chi connectivity index (χ0n) is 10.1. The molecule has 94 valence electrons. The zero-order chi connectivity index (χ0) is 12.7. The van der Waals surface area contributed by atoms with Crippen LogP contribution in [0.4, 0.5) is 0 Å². The van der Waals surface area contributed by atoms with E-state index in [0.29, 0.717) is 12.8 Å². The van der Waals surface area contributed by atoms with Gasteiger partial charge in [0, 0.05) is 12.1 Å². The summed E-state index contributed by atoms with van der Waals surface area (Å²) in [5.74, 6) is -0.108. The minimum Gasteiger partial charge on any atom is -0.351 e. The lowest BCUT2D eigenvalue weighted by molar-refractivity contribution is -0.129. The highest BCUT2D eigenvalue weighted by molar-refractivity contribution is 5.82. The molecule has 0 aromatic rings. The SMILES string of the molecule is C/C=C(/CCC(=O)NC1(C=O)CCC1)NC=N. The summed E-state index contributed by atoms with van der Waals surface area (Å²) in [5, 5.41) is 12.4.